The van der Waals surface area contributed by atoms with Gasteiger partial charge < -0.3 is 10.4 Å². The predicted molar refractivity (Wildman–Crippen MR) is 76.9 cm³/mol. The van der Waals surface area contributed by atoms with Gasteiger partial charge in [-0.1, -0.05) is 6.07 Å². The van der Waals surface area contributed by atoms with E-state index in [4.69, 9.17) is 0 Å². The molecule has 1 aromatic heterocycles. The average molecular weight is 276 g/mol. The molecule has 20 heavy (non-hydrogen) atoms. The smallest absolute Gasteiger partial charge is 0.311 e. The summed E-state index contributed by atoms with van der Waals surface area (Å²) in [6.45, 7) is 6.55. The number of hydrogen-bond acceptors (Lipinski definition) is 3. The molecule has 0 atom stereocenters. The number of aromatic nitrogens is 1. The summed E-state index contributed by atoms with van der Waals surface area (Å²) in [6.07, 6.45) is 6.29. The van der Waals surface area contributed by atoms with E-state index < -0.39 is 16.9 Å². The van der Waals surface area contributed by atoms with E-state index in [0.717, 1.165) is 5.56 Å². The number of nitrogens with zero attached hydrogens (tertiary/aromatic N) is 1. The van der Waals surface area contributed by atoms with Crippen molar-refractivity contribution in [2.75, 3.05) is 0 Å². The molecular weight excluding hydrogens is 256 g/mol. The lowest BCUT2D eigenvalue weighted by molar-refractivity contribution is -0.151. The van der Waals surface area contributed by atoms with E-state index in [0.29, 0.717) is 0 Å². The Hall–Kier alpha value is -2.17. The van der Waals surface area contributed by atoms with Crippen LogP contribution in [0.1, 0.15) is 33.3 Å². The molecular formula is C15H20N2O3. The Morgan fingerprint density at radius 2 is 1.95 bits per heavy atom. The van der Waals surface area contributed by atoms with Crippen LogP contribution in [0, 0.1) is 5.41 Å². The van der Waals surface area contributed by atoms with Crippen LogP contribution in [0.2, 0.25) is 0 Å². The molecule has 108 valence electrons. The van der Waals surface area contributed by atoms with Gasteiger partial charge in [-0.15, -0.1) is 0 Å². The SMILES string of the molecule is CC(C)(NC(=O)C=Cc1cccnc1)C(C)(C)C(=O)O. The van der Waals surface area contributed by atoms with Gasteiger partial charge in [0.05, 0.1) is 11.0 Å². The van der Waals surface area contributed by atoms with Crippen molar-refractivity contribution in [3.63, 3.8) is 0 Å². The number of pyridine rings is 1. The fourth-order valence-electron chi connectivity index (χ4n) is 1.42. The van der Waals surface area contributed by atoms with Gasteiger partial charge in [-0.05, 0) is 45.4 Å². The van der Waals surface area contributed by atoms with Crippen LogP contribution in [-0.2, 0) is 9.59 Å². The highest BCUT2D eigenvalue weighted by Gasteiger charge is 2.44. The summed E-state index contributed by atoms with van der Waals surface area (Å²) in [5.74, 6) is -1.30. The van der Waals surface area contributed by atoms with E-state index in [1.165, 1.54) is 6.08 Å². The summed E-state index contributed by atoms with van der Waals surface area (Å²) >= 11 is 0. The maximum absolute atomic E-state index is 11.9. The minimum Gasteiger partial charge on any atom is -0.481 e. The van der Waals surface area contributed by atoms with E-state index in [2.05, 4.69) is 10.3 Å². The van der Waals surface area contributed by atoms with E-state index in [1.54, 1.807) is 52.2 Å². The highest BCUT2D eigenvalue weighted by atomic mass is 16.4. The van der Waals surface area contributed by atoms with Crippen molar-refractivity contribution in [3.05, 3.63) is 36.2 Å². The number of rotatable bonds is 5. The van der Waals surface area contributed by atoms with Crippen molar-refractivity contribution < 1.29 is 14.7 Å². The lowest BCUT2D eigenvalue weighted by atomic mass is 9.74. The number of hydrogen-bond donors (Lipinski definition) is 2. The minimum atomic E-state index is -1.08. The summed E-state index contributed by atoms with van der Waals surface area (Å²) in [5.41, 5.74) is -1.15. The molecule has 0 saturated carbocycles. The molecule has 1 aromatic rings. The second kappa shape index (κ2) is 5.86. The van der Waals surface area contributed by atoms with Gasteiger partial charge in [-0.25, -0.2) is 0 Å². The minimum absolute atomic E-state index is 0.340. The molecule has 0 spiro atoms. The quantitative estimate of drug-likeness (QED) is 0.807. The van der Waals surface area contributed by atoms with Gasteiger partial charge in [-0.2, -0.15) is 0 Å². The maximum Gasteiger partial charge on any atom is 0.311 e. The van der Waals surface area contributed by atoms with Crippen LogP contribution in [0.15, 0.2) is 30.6 Å². The zero-order valence-corrected chi connectivity index (χ0v) is 12.2. The van der Waals surface area contributed by atoms with Crippen LogP contribution in [0.4, 0.5) is 0 Å². The average Bonchev–Trinajstić information content (AvgIpc) is 2.36. The maximum atomic E-state index is 11.9. The van der Waals surface area contributed by atoms with Gasteiger partial charge in [0.1, 0.15) is 0 Å². The highest BCUT2D eigenvalue weighted by Crippen LogP contribution is 2.30. The van der Waals surface area contributed by atoms with Gasteiger partial charge in [0.25, 0.3) is 0 Å². The van der Waals surface area contributed by atoms with E-state index >= 15 is 0 Å². The van der Waals surface area contributed by atoms with Gasteiger partial charge in [-0.3, -0.25) is 14.6 Å². The Kier molecular flexibility index (Phi) is 4.65. The van der Waals surface area contributed by atoms with E-state index in [1.807, 2.05) is 6.07 Å². The van der Waals surface area contributed by atoms with Crippen LogP contribution in [-0.4, -0.2) is 27.5 Å². The molecule has 0 aliphatic rings. The van der Waals surface area contributed by atoms with Gasteiger partial charge in [0.15, 0.2) is 0 Å². The fraction of sp³-hybridized carbons (Fsp3) is 0.400. The largest absolute Gasteiger partial charge is 0.481 e. The fourth-order valence-corrected chi connectivity index (χ4v) is 1.42. The van der Waals surface area contributed by atoms with Crippen molar-refractivity contribution >= 4 is 18.0 Å². The first-order chi connectivity index (χ1) is 9.17. The molecule has 0 fully saturated rings. The standard InChI is InChI=1S/C15H20N2O3/c1-14(2,13(19)20)15(3,4)17-12(18)8-7-11-6-5-9-16-10-11/h5-10H,1-4H3,(H,17,18)(H,19,20). The molecule has 0 bridgehead atoms. The third-order valence-electron chi connectivity index (χ3n) is 3.64. The van der Waals surface area contributed by atoms with Gasteiger partial charge >= 0.3 is 5.97 Å². The van der Waals surface area contributed by atoms with Crippen LogP contribution in [0.3, 0.4) is 0 Å². The van der Waals surface area contributed by atoms with Crippen molar-refractivity contribution in [2.24, 2.45) is 5.41 Å². The zero-order chi connectivity index (χ0) is 15.4. The first-order valence-corrected chi connectivity index (χ1v) is 6.30. The number of aliphatic carboxylic acids is 1. The topological polar surface area (TPSA) is 79.3 Å². The normalized spacial score (nSPS) is 12.4. The van der Waals surface area contributed by atoms with Crippen molar-refractivity contribution in [3.8, 4) is 0 Å². The Labute approximate surface area is 118 Å². The van der Waals surface area contributed by atoms with Crippen LogP contribution in [0.5, 0.6) is 0 Å². The predicted octanol–water partition coefficient (Wildman–Crippen LogP) is 2.10. The lowest BCUT2D eigenvalue weighted by Crippen LogP contribution is -2.56. The molecule has 1 heterocycles. The second-order valence-corrected chi connectivity index (χ2v) is 5.66. The first-order valence-electron chi connectivity index (χ1n) is 6.30. The zero-order valence-electron chi connectivity index (χ0n) is 12.2. The number of carbonyl (C=O) groups excluding carboxylic acids is 1. The summed E-state index contributed by atoms with van der Waals surface area (Å²) in [5, 5.41) is 11.9. The molecule has 5 heteroatoms. The Balaban J connectivity index is 2.76. The molecule has 1 amide bonds. The van der Waals surface area contributed by atoms with Crippen LogP contribution < -0.4 is 5.32 Å². The van der Waals surface area contributed by atoms with Gasteiger partial charge in [0, 0.05) is 18.5 Å². The highest BCUT2D eigenvalue weighted by molar-refractivity contribution is 5.92. The monoisotopic (exact) mass is 276 g/mol. The summed E-state index contributed by atoms with van der Waals surface area (Å²) < 4.78 is 0. The summed E-state index contributed by atoms with van der Waals surface area (Å²) in [7, 11) is 0. The number of nitrogens with one attached hydrogen (secondary N) is 1. The van der Waals surface area contributed by atoms with Crippen LogP contribution >= 0.6 is 0 Å². The number of amides is 1. The molecule has 0 radical (unpaired) electrons. The van der Waals surface area contributed by atoms with Crippen LogP contribution in [0.25, 0.3) is 6.08 Å². The third-order valence-corrected chi connectivity index (χ3v) is 3.64. The third kappa shape index (κ3) is 3.66. The molecule has 2 N–H and O–H groups in total. The lowest BCUT2D eigenvalue weighted by Gasteiger charge is -2.38. The molecule has 0 unspecified atom stereocenters. The molecule has 1 rings (SSSR count). The second-order valence-electron chi connectivity index (χ2n) is 5.66. The van der Waals surface area contributed by atoms with Crippen molar-refractivity contribution in [1.82, 2.24) is 10.3 Å². The summed E-state index contributed by atoms with van der Waals surface area (Å²) in [6, 6.07) is 3.60. The molecule has 5 nitrogen and oxygen atoms in total. The Bertz CT molecular complexity index is 519. The summed E-state index contributed by atoms with van der Waals surface area (Å²) in [4.78, 5) is 27.1. The molecule has 0 aliphatic carbocycles. The number of carboxylic acids is 1. The molecule has 0 aliphatic heterocycles. The van der Waals surface area contributed by atoms with Gasteiger partial charge in [0.2, 0.25) is 5.91 Å². The van der Waals surface area contributed by atoms with E-state index in [-0.39, 0.29) is 5.91 Å². The molecule has 0 saturated heterocycles. The van der Waals surface area contributed by atoms with Crippen molar-refractivity contribution in [2.45, 2.75) is 33.2 Å². The number of carbonyl (C=O) groups is 2. The number of carboxylic acid groups (broad SMARTS) is 1. The Morgan fingerprint density at radius 1 is 1.30 bits per heavy atom. The van der Waals surface area contributed by atoms with Crippen molar-refractivity contribution in [1.29, 1.82) is 0 Å². The molecule has 0 aromatic carbocycles. The van der Waals surface area contributed by atoms with E-state index in [9.17, 15) is 14.7 Å². The Morgan fingerprint density at radius 3 is 2.45 bits per heavy atom. The first kappa shape index (κ1) is 15.9.